The van der Waals surface area contributed by atoms with Gasteiger partial charge in [-0.15, -0.1) is 0 Å². The van der Waals surface area contributed by atoms with Crippen molar-refractivity contribution in [3.63, 3.8) is 0 Å². The van der Waals surface area contributed by atoms with Gasteiger partial charge in [-0.2, -0.15) is 0 Å². The van der Waals surface area contributed by atoms with Crippen molar-refractivity contribution in [2.45, 2.75) is 46.1 Å². The van der Waals surface area contributed by atoms with Gasteiger partial charge in [0.1, 0.15) is 0 Å². The smallest absolute Gasteiger partial charge is 0.0482 e. The van der Waals surface area contributed by atoms with E-state index in [4.69, 9.17) is 0 Å². The maximum Gasteiger partial charge on any atom is 0.0482 e. The summed E-state index contributed by atoms with van der Waals surface area (Å²) in [6.45, 7) is 5.60. The van der Waals surface area contributed by atoms with Gasteiger partial charge in [-0.1, -0.05) is 56.5 Å². The van der Waals surface area contributed by atoms with Crippen LogP contribution in [0.5, 0.6) is 0 Å². The van der Waals surface area contributed by atoms with Crippen molar-refractivity contribution < 1.29 is 0 Å². The molecule has 0 bridgehead atoms. The first kappa shape index (κ1) is 12.9. The lowest BCUT2D eigenvalue weighted by atomic mass is 10.1. The fourth-order valence-corrected chi connectivity index (χ4v) is 2.42. The van der Waals surface area contributed by atoms with E-state index >= 15 is 0 Å². The van der Waals surface area contributed by atoms with Crippen molar-refractivity contribution in [3.8, 4) is 11.3 Å². The first-order chi connectivity index (χ1) is 8.83. The van der Waals surface area contributed by atoms with Crippen molar-refractivity contribution in [1.82, 2.24) is 4.57 Å². The molecule has 2 rings (SSSR count). The average Bonchev–Trinajstić information content (AvgIpc) is 2.77. The van der Waals surface area contributed by atoms with Gasteiger partial charge in [-0.3, -0.25) is 0 Å². The van der Waals surface area contributed by atoms with Crippen LogP contribution < -0.4 is 0 Å². The van der Waals surface area contributed by atoms with Crippen LogP contribution in [0.1, 0.15) is 38.3 Å². The quantitative estimate of drug-likeness (QED) is 0.624. The Labute approximate surface area is 110 Å². The monoisotopic (exact) mass is 241 g/mol. The minimum absolute atomic E-state index is 1.14. The van der Waals surface area contributed by atoms with Gasteiger partial charge < -0.3 is 4.57 Å². The predicted octanol–water partition coefficient (Wildman–Crippen LogP) is 5.04. The summed E-state index contributed by atoms with van der Waals surface area (Å²) >= 11 is 0. The first-order valence-corrected chi connectivity index (χ1v) is 7.04. The van der Waals surface area contributed by atoms with Gasteiger partial charge in [0, 0.05) is 17.9 Å². The van der Waals surface area contributed by atoms with E-state index < -0.39 is 0 Å². The molecule has 1 aromatic carbocycles. The molecule has 0 atom stereocenters. The van der Waals surface area contributed by atoms with Crippen molar-refractivity contribution in [2.75, 3.05) is 0 Å². The number of aryl methyl sites for hydroxylation is 1. The topological polar surface area (TPSA) is 4.93 Å². The lowest BCUT2D eigenvalue weighted by Crippen LogP contribution is -2.02. The molecule has 0 unspecified atom stereocenters. The Morgan fingerprint density at radius 1 is 0.889 bits per heavy atom. The van der Waals surface area contributed by atoms with Crippen LogP contribution in [0.3, 0.4) is 0 Å². The van der Waals surface area contributed by atoms with E-state index in [1.165, 1.54) is 42.6 Å². The second kappa shape index (κ2) is 6.44. The number of nitrogens with zero attached hydrogens (tertiary/aromatic N) is 1. The molecule has 0 fully saturated rings. The normalized spacial score (nSPS) is 10.8. The third kappa shape index (κ3) is 3.04. The Kier molecular flexibility index (Phi) is 4.63. The van der Waals surface area contributed by atoms with Crippen LogP contribution in [0.15, 0.2) is 42.5 Å². The third-order valence-electron chi connectivity index (χ3n) is 3.50. The molecule has 1 heterocycles. The zero-order valence-corrected chi connectivity index (χ0v) is 11.5. The molecule has 18 heavy (non-hydrogen) atoms. The number of unbranched alkanes of at least 4 members (excludes halogenated alkanes) is 3. The number of hydrogen-bond acceptors (Lipinski definition) is 0. The standard InChI is InChI=1S/C17H23N/c1-3-4-5-9-14-18-15(2)12-13-17(18)16-10-7-6-8-11-16/h6-8,10-13H,3-5,9,14H2,1-2H3. The fraction of sp³-hybridized carbons (Fsp3) is 0.412. The summed E-state index contributed by atoms with van der Waals surface area (Å²) in [4.78, 5) is 0. The largest absolute Gasteiger partial charge is 0.345 e. The summed E-state index contributed by atoms with van der Waals surface area (Å²) in [7, 11) is 0. The minimum Gasteiger partial charge on any atom is -0.345 e. The summed E-state index contributed by atoms with van der Waals surface area (Å²) in [6.07, 6.45) is 5.27. The van der Waals surface area contributed by atoms with Crippen LogP contribution in [-0.4, -0.2) is 4.57 Å². The van der Waals surface area contributed by atoms with Gasteiger partial charge in [0.2, 0.25) is 0 Å². The molecule has 1 heteroatoms. The molecular weight excluding hydrogens is 218 g/mol. The van der Waals surface area contributed by atoms with Gasteiger partial charge in [-0.25, -0.2) is 0 Å². The van der Waals surface area contributed by atoms with E-state index in [0.29, 0.717) is 0 Å². The fourth-order valence-electron chi connectivity index (χ4n) is 2.42. The molecule has 0 N–H and O–H groups in total. The maximum atomic E-state index is 2.45. The Morgan fingerprint density at radius 3 is 2.39 bits per heavy atom. The first-order valence-electron chi connectivity index (χ1n) is 7.04. The third-order valence-corrected chi connectivity index (χ3v) is 3.50. The number of rotatable bonds is 6. The van der Waals surface area contributed by atoms with E-state index in [0.717, 1.165) is 6.54 Å². The van der Waals surface area contributed by atoms with Crippen LogP contribution in [0.4, 0.5) is 0 Å². The van der Waals surface area contributed by atoms with Crippen molar-refractivity contribution in [3.05, 3.63) is 48.2 Å². The molecule has 0 aliphatic rings. The molecule has 2 aromatic rings. The Bertz CT molecular complexity index is 468. The summed E-state index contributed by atoms with van der Waals surface area (Å²) < 4.78 is 2.45. The molecule has 0 spiro atoms. The molecule has 0 saturated heterocycles. The van der Waals surface area contributed by atoms with E-state index in [2.05, 4.69) is 60.9 Å². The second-order valence-corrected chi connectivity index (χ2v) is 4.94. The molecule has 0 aliphatic carbocycles. The van der Waals surface area contributed by atoms with Crippen molar-refractivity contribution in [1.29, 1.82) is 0 Å². The zero-order valence-electron chi connectivity index (χ0n) is 11.5. The van der Waals surface area contributed by atoms with Gasteiger partial charge in [0.15, 0.2) is 0 Å². The van der Waals surface area contributed by atoms with Crippen LogP contribution >= 0.6 is 0 Å². The highest BCUT2D eigenvalue weighted by Gasteiger charge is 2.06. The maximum absolute atomic E-state index is 2.45. The lowest BCUT2D eigenvalue weighted by molar-refractivity contribution is 0.580. The van der Waals surface area contributed by atoms with E-state index in [1.54, 1.807) is 0 Å². The zero-order chi connectivity index (χ0) is 12.8. The summed E-state index contributed by atoms with van der Waals surface area (Å²) in [5.74, 6) is 0. The Morgan fingerprint density at radius 2 is 1.67 bits per heavy atom. The predicted molar refractivity (Wildman–Crippen MR) is 78.7 cm³/mol. The molecule has 0 aliphatic heterocycles. The molecular formula is C17H23N. The summed E-state index contributed by atoms with van der Waals surface area (Å²) in [5.41, 5.74) is 4.04. The summed E-state index contributed by atoms with van der Waals surface area (Å²) in [5, 5.41) is 0. The van der Waals surface area contributed by atoms with E-state index in [-0.39, 0.29) is 0 Å². The van der Waals surface area contributed by atoms with Gasteiger partial charge in [0.25, 0.3) is 0 Å². The summed E-state index contributed by atoms with van der Waals surface area (Å²) in [6, 6.07) is 15.1. The second-order valence-electron chi connectivity index (χ2n) is 4.94. The van der Waals surface area contributed by atoms with Crippen LogP contribution in [0.25, 0.3) is 11.3 Å². The average molecular weight is 241 g/mol. The SMILES string of the molecule is CCCCCCn1c(C)ccc1-c1ccccc1. The van der Waals surface area contributed by atoms with E-state index in [1.807, 2.05) is 0 Å². The number of hydrogen-bond donors (Lipinski definition) is 0. The number of aromatic nitrogens is 1. The van der Waals surface area contributed by atoms with Crippen LogP contribution in [0.2, 0.25) is 0 Å². The molecule has 1 nitrogen and oxygen atoms in total. The minimum atomic E-state index is 1.14. The van der Waals surface area contributed by atoms with Crippen molar-refractivity contribution >= 4 is 0 Å². The molecule has 96 valence electrons. The molecule has 0 saturated carbocycles. The highest BCUT2D eigenvalue weighted by Crippen LogP contribution is 2.22. The lowest BCUT2D eigenvalue weighted by Gasteiger charge is -2.11. The van der Waals surface area contributed by atoms with E-state index in [9.17, 15) is 0 Å². The van der Waals surface area contributed by atoms with Gasteiger partial charge in [0.05, 0.1) is 0 Å². The highest BCUT2D eigenvalue weighted by atomic mass is 15.0. The number of benzene rings is 1. The Balaban J connectivity index is 2.12. The van der Waals surface area contributed by atoms with Crippen LogP contribution in [0, 0.1) is 6.92 Å². The van der Waals surface area contributed by atoms with Crippen molar-refractivity contribution in [2.24, 2.45) is 0 Å². The van der Waals surface area contributed by atoms with Gasteiger partial charge in [-0.05, 0) is 31.0 Å². The Hall–Kier alpha value is -1.50. The van der Waals surface area contributed by atoms with Gasteiger partial charge >= 0.3 is 0 Å². The highest BCUT2D eigenvalue weighted by molar-refractivity contribution is 5.60. The molecule has 0 radical (unpaired) electrons. The molecule has 0 amide bonds. The molecule has 1 aromatic heterocycles. The van der Waals surface area contributed by atoms with Crippen LogP contribution in [-0.2, 0) is 6.54 Å².